The Kier molecular flexibility index (Phi) is 5.58. The first kappa shape index (κ1) is 16.8. The average Bonchev–Trinajstić information content (AvgIpc) is 2.87. The topological polar surface area (TPSA) is 58.9 Å². The fraction of sp³-hybridized carbons (Fsp3) is 0.353. The molecule has 2 radical (unpaired) electrons. The lowest BCUT2D eigenvalue weighted by Crippen LogP contribution is -2.51. The van der Waals surface area contributed by atoms with Crippen molar-refractivity contribution in [3.63, 3.8) is 0 Å². The summed E-state index contributed by atoms with van der Waals surface area (Å²) in [5.74, 6) is -0.610. The number of benzene rings is 1. The van der Waals surface area contributed by atoms with Crippen molar-refractivity contribution in [1.82, 2.24) is 4.57 Å². The van der Waals surface area contributed by atoms with Crippen molar-refractivity contribution in [1.29, 1.82) is 5.26 Å². The molecule has 1 heterocycles. The van der Waals surface area contributed by atoms with Gasteiger partial charge < -0.3 is 4.74 Å². The molecule has 2 aromatic rings. The van der Waals surface area contributed by atoms with Gasteiger partial charge in [-0.1, -0.05) is 24.1 Å². The molecule has 118 valence electrons. The summed E-state index contributed by atoms with van der Waals surface area (Å²) in [6.45, 7) is 2.16. The number of carbonyl (C=O) groups is 1. The van der Waals surface area contributed by atoms with Crippen molar-refractivity contribution in [3.05, 3.63) is 47.8 Å². The number of nitrogens with zero attached hydrogens (tertiary/aromatic N) is 3. The summed E-state index contributed by atoms with van der Waals surface area (Å²) in [6.07, 6.45) is 4.42. The number of nitriles is 1. The predicted molar refractivity (Wildman–Crippen MR) is 87.2 cm³/mol. The van der Waals surface area contributed by atoms with Crippen molar-refractivity contribution in [3.8, 4) is 6.07 Å². The standard InChI is InChI=1S/C17H20BN3O2/c1-4-23-16(22)15(18-17-20(2)9-10-21(17)3)11-13-5-7-14(12-19)8-6-13/h5-10,15H,4,11H2,1-3H3. The maximum absolute atomic E-state index is 12.3. The molecule has 1 unspecified atom stereocenters. The zero-order valence-electron chi connectivity index (χ0n) is 13.7. The minimum Gasteiger partial charge on any atom is -0.468 e. The summed E-state index contributed by atoms with van der Waals surface area (Å²) in [6, 6.07) is 9.38. The number of rotatable bonds is 6. The van der Waals surface area contributed by atoms with Crippen LogP contribution >= 0.6 is 0 Å². The van der Waals surface area contributed by atoms with E-state index in [9.17, 15) is 4.79 Å². The van der Waals surface area contributed by atoms with Gasteiger partial charge in [-0.15, -0.1) is 5.82 Å². The van der Waals surface area contributed by atoms with E-state index in [-0.39, 0.29) is 11.8 Å². The molecule has 0 aliphatic heterocycles. The van der Waals surface area contributed by atoms with E-state index in [1.54, 1.807) is 19.1 Å². The van der Waals surface area contributed by atoms with Gasteiger partial charge in [-0.05, 0) is 19.1 Å². The van der Waals surface area contributed by atoms with Crippen LogP contribution in [0, 0.1) is 11.3 Å². The highest BCUT2D eigenvalue weighted by Gasteiger charge is 2.15. The van der Waals surface area contributed by atoms with Crippen LogP contribution in [0.2, 0.25) is 5.82 Å². The molecule has 1 aromatic carbocycles. The van der Waals surface area contributed by atoms with Crippen molar-refractivity contribution in [2.75, 3.05) is 6.61 Å². The Morgan fingerprint density at radius 1 is 1.43 bits per heavy atom. The third kappa shape index (κ3) is 4.23. The van der Waals surface area contributed by atoms with Gasteiger partial charge in [0.2, 0.25) is 0 Å². The largest absolute Gasteiger partial charge is 0.468 e. The molecule has 0 aliphatic carbocycles. The van der Waals surface area contributed by atoms with Crippen molar-refractivity contribution in [2.24, 2.45) is 14.1 Å². The van der Waals surface area contributed by atoms with Gasteiger partial charge in [0.15, 0.2) is 0 Å². The van der Waals surface area contributed by atoms with E-state index in [1.807, 2.05) is 55.0 Å². The summed E-state index contributed by atoms with van der Waals surface area (Å²) < 4.78 is 9.14. The number of carbonyl (C=O) groups excluding carboxylic acids is 1. The molecule has 0 fully saturated rings. The molecule has 0 N–H and O–H groups in total. The van der Waals surface area contributed by atoms with Gasteiger partial charge in [-0.2, -0.15) is 12.5 Å². The molecule has 23 heavy (non-hydrogen) atoms. The Morgan fingerprint density at radius 3 is 2.65 bits per heavy atom. The summed E-state index contributed by atoms with van der Waals surface area (Å²) in [4.78, 5) is 12.3. The lowest BCUT2D eigenvalue weighted by atomic mass is 9.61. The van der Waals surface area contributed by atoms with Crippen LogP contribution in [0.25, 0.3) is 0 Å². The predicted octanol–water partition coefficient (Wildman–Crippen LogP) is 0.645. The Hall–Kier alpha value is -2.55. The van der Waals surface area contributed by atoms with Crippen LogP contribution in [0.4, 0.5) is 0 Å². The van der Waals surface area contributed by atoms with Gasteiger partial charge in [0, 0.05) is 5.72 Å². The number of esters is 1. The molecule has 0 spiro atoms. The molecular weight excluding hydrogens is 289 g/mol. The molecule has 1 atom stereocenters. The van der Waals surface area contributed by atoms with E-state index in [2.05, 4.69) is 6.07 Å². The monoisotopic (exact) mass is 309 g/mol. The van der Waals surface area contributed by atoms with Gasteiger partial charge in [0.25, 0.3) is 5.97 Å². The Balaban J connectivity index is 2.20. The molecule has 5 nitrogen and oxygen atoms in total. The second-order valence-corrected chi connectivity index (χ2v) is 5.42. The third-order valence-corrected chi connectivity index (χ3v) is 3.71. The Morgan fingerprint density at radius 2 is 2.13 bits per heavy atom. The van der Waals surface area contributed by atoms with Crippen LogP contribution in [0.1, 0.15) is 18.1 Å². The highest BCUT2D eigenvalue weighted by atomic mass is 16.5. The van der Waals surface area contributed by atoms with Crippen LogP contribution in [0.15, 0.2) is 36.7 Å². The fourth-order valence-electron chi connectivity index (χ4n) is 2.45. The number of ether oxygens (including phenoxy) is 1. The summed E-state index contributed by atoms with van der Waals surface area (Å²) in [7, 11) is 5.81. The first-order valence-electron chi connectivity index (χ1n) is 7.56. The Bertz CT molecular complexity index is 697. The van der Waals surface area contributed by atoms with E-state index < -0.39 is 0 Å². The number of hydrogen-bond acceptors (Lipinski definition) is 3. The smallest absolute Gasteiger partial charge is 0.268 e. The first-order chi connectivity index (χ1) is 11.0. The first-order valence-corrected chi connectivity index (χ1v) is 7.56. The molecule has 0 saturated carbocycles. The second kappa shape index (κ2) is 7.64. The van der Waals surface area contributed by atoms with Crippen LogP contribution in [0.5, 0.6) is 0 Å². The highest BCUT2D eigenvalue weighted by Crippen LogP contribution is 2.15. The van der Waals surface area contributed by atoms with Gasteiger partial charge >= 0.3 is 0 Å². The normalized spacial score (nSPS) is 11.7. The minimum absolute atomic E-state index is 0.238. The van der Waals surface area contributed by atoms with E-state index in [0.717, 1.165) is 11.3 Å². The Labute approximate surface area is 137 Å². The summed E-state index contributed by atoms with van der Waals surface area (Å²) in [5.41, 5.74) is 2.55. The van der Waals surface area contributed by atoms with Crippen molar-refractivity contribution < 1.29 is 14.1 Å². The zero-order valence-corrected chi connectivity index (χ0v) is 13.7. The van der Waals surface area contributed by atoms with Crippen LogP contribution in [-0.2, 0) is 30.0 Å². The average molecular weight is 309 g/mol. The van der Waals surface area contributed by atoms with E-state index in [1.165, 1.54) is 0 Å². The molecule has 0 bridgehead atoms. The van der Waals surface area contributed by atoms with Crippen molar-refractivity contribution >= 4 is 19.0 Å². The molecule has 0 amide bonds. The zero-order chi connectivity index (χ0) is 16.8. The molecule has 1 aromatic heterocycles. The molecular formula is C17H20BN3O2. The number of aromatic nitrogens is 2. The van der Waals surface area contributed by atoms with Gasteiger partial charge in [-0.25, -0.2) is 0 Å². The van der Waals surface area contributed by atoms with E-state index >= 15 is 0 Å². The van der Waals surface area contributed by atoms with Crippen LogP contribution in [-0.4, -0.2) is 24.4 Å². The van der Waals surface area contributed by atoms with Gasteiger partial charge in [0.05, 0.1) is 32.3 Å². The number of imidazole rings is 1. The molecule has 0 aliphatic rings. The lowest BCUT2D eigenvalue weighted by Gasteiger charge is -2.25. The molecule has 0 saturated heterocycles. The summed E-state index contributed by atoms with van der Waals surface area (Å²) >= 11 is 0. The second-order valence-electron chi connectivity index (χ2n) is 5.42. The SMILES string of the molecule is CCOC(=O)C([B-]c1n(C)cc[n+]1C)Cc1ccc(C#N)cc1. The lowest BCUT2D eigenvalue weighted by molar-refractivity contribution is -0.653. The minimum atomic E-state index is -0.373. The quantitative estimate of drug-likeness (QED) is 0.447. The maximum atomic E-state index is 12.3. The van der Waals surface area contributed by atoms with E-state index in [0.29, 0.717) is 18.6 Å². The van der Waals surface area contributed by atoms with Crippen LogP contribution in [0.3, 0.4) is 0 Å². The highest BCUT2D eigenvalue weighted by molar-refractivity contribution is 6.56. The van der Waals surface area contributed by atoms with Gasteiger partial charge in [-0.3, -0.25) is 13.9 Å². The summed E-state index contributed by atoms with van der Waals surface area (Å²) in [5, 5.41) is 8.87. The molecule has 6 heteroatoms. The fourth-order valence-corrected chi connectivity index (χ4v) is 2.45. The number of aryl methyl sites for hydroxylation is 2. The van der Waals surface area contributed by atoms with E-state index in [4.69, 9.17) is 10.00 Å². The molecule has 2 rings (SSSR count). The van der Waals surface area contributed by atoms with Gasteiger partial charge in [0.1, 0.15) is 12.4 Å². The number of hydrogen-bond donors (Lipinski definition) is 0. The van der Waals surface area contributed by atoms with Crippen LogP contribution < -0.4 is 10.3 Å². The maximum Gasteiger partial charge on any atom is 0.268 e. The third-order valence-electron chi connectivity index (χ3n) is 3.71. The van der Waals surface area contributed by atoms with Crippen molar-refractivity contribution in [2.45, 2.75) is 19.2 Å².